The Labute approximate surface area is 183 Å². The number of halogens is 1. The molecule has 0 unspecified atom stereocenters. The fraction of sp³-hybridized carbons (Fsp3) is 0.269. The maximum atomic E-state index is 12.4. The van der Waals surface area contributed by atoms with Crippen molar-refractivity contribution in [3.8, 4) is 11.1 Å². The van der Waals surface area contributed by atoms with Crippen molar-refractivity contribution in [3.63, 3.8) is 0 Å². The molecule has 0 atom stereocenters. The average molecular weight is 419 g/mol. The largest absolute Gasteiger partial charge is 0.352 e. The zero-order valence-electron chi connectivity index (χ0n) is 17.0. The zero-order chi connectivity index (χ0) is 20.8. The Balaban J connectivity index is 1.22. The fourth-order valence-corrected chi connectivity index (χ4v) is 3.57. The van der Waals surface area contributed by atoms with Crippen molar-refractivity contribution in [2.45, 2.75) is 25.8 Å². The summed E-state index contributed by atoms with van der Waals surface area (Å²) in [6.07, 6.45) is 3.58. The first-order valence-electron chi connectivity index (χ1n) is 10.6. The molecule has 154 valence electrons. The molecule has 0 aliphatic heterocycles. The van der Waals surface area contributed by atoms with Crippen LogP contribution in [0.5, 0.6) is 0 Å². The van der Waals surface area contributed by atoms with Crippen LogP contribution in [0.2, 0.25) is 5.02 Å². The van der Waals surface area contributed by atoms with E-state index in [-0.39, 0.29) is 5.91 Å². The van der Waals surface area contributed by atoms with Crippen molar-refractivity contribution < 1.29 is 4.79 Å². The quantitative estimate of drug-likeness (QED) is 0.483. The van der Waals surface area contributed by atoms with Gasteiger partial charge in [0.15, 0.2) is 0 Å². The third-order valence-corrected chi connectivity index (χ3v) is 5.76. The lowest BCUT2D eigenvalue weighted by Crippen LogP contribution is -2.25. The van der Waals surface area contributed by atoms with Crippen LogP contribution in [-0.2, 0) is 13.0 Å². The highest BCUT2D eigenvalue weighted by atomic mass is 35.5. The van der Waals surface area contributed by atoms with E-state index < -0.39 is 0 Å². The van der Waals surface area contributed by atoms with E-state index >= 15 is 0 Å². The van der Waals surface area contributed by atoms with Gasteiger partial charge in [-0.15, -0.1) is 0 Å². The molecule has 1 fully saturated rings. The summed E-state index contributed by atoms with van der Waals surface area (Å²) in [5.41, 5.74) is 5.36. The van der Waals surface area contributed by atoms with Gasteiger partial charge in [-0.1, -0.05) is 60.1 Å². The molecule has 1 aliphatic rings. The van der Waals surface area contributed by atoms with Gasteiger partial charge in [0.25, 0.3) is 5.91 Å². The summed E-state index contributed by atoms with van der Waals surface area (Å²) in [6.45, 7) is 2.69. The molecule has 3 nitrogen and oxygen atoms in total. The van der Waals surface area contributed by atoms with Crippen LogP contribution in [0.15, 0.2) is 72.8 Å². The Morgan fingerprint density at radius 2 is 1.43 bits per heavy atom. The summed E-state index contributed by atoms with van der Waals surface area (Å²) in [6, 6.07) is 24.0. The zero-order valence-corrected chi connectivity index (χ0v) is 17.8. The van der Waals surface area contributed by atoms with Gasteiger partial charge in [-0.05, 0) is 78.2 Å². The summed E-state index contributed by atoms with van der Waals surface area (Å²) < 4.78 is 0. The topological polar surface area (TPSA) is 41.1 Å². The first-order valence-corrected chi connectivity index (χ1v) is 11.0. The van der Waals surface area contributed by atoms with E-state index in [1.807, 2.05) is 48.5 Å². The Morgan fingerprint density at radius 3 is 2.07 bits per heavy atom. The molecule has 4 heteroatoms. The highest BCUT2D eigenvalue weighted by Crippen LogP contribution is 2.27. The summed E-state index contributed by atoms with van der Waals surface area (Å²) in [5, 5.41) is 7.24. The van der Waals surface area contributed by atoms with Crippen molar-refractivity contribution in [2.75, 3.05) is 13.1 Å². The lowest BCUT2D eigenvalue weighted by atomic mass is 10.0. The number of benzene rings is 3. The summed E-state index contributed by atoms with van der Waals surface area (Å²) in [5.74, 6) is 0.861. The van der Waals surface area contributed by atoms with E-state index in [4.69, 9.17) is 11.6 Å². The predicted octanol–water partition coefficient (Wildman–Crippen LogP) is 5.48. The third kappa shape index (κ3) is 5.94. The predicted molar refractivity (Wildman–Crippen MR) is 124 cm³/mol. The molecule has 0 heterocycles. The standard InChI is InChI=1S/C26H27ClN2O/c27-25-13-11-23(12-14-25)22-7-9-24(10-8-22)26(30)29-16-15-19-1-3-20(4-2-19)17-28-18-21-5-6-21/h1-4,7-14,21,28H,5-6,15-18H2,(H,29,30). The normalized spacial score (nSPS) is 13.2. The molecular weight excluding hydrogens is 392 g/mol. The lowest BCUT2D eigenvalue weighted by Gasteiger charge is -2.08. The van der Waals surface area contributed by atoms with Crippen LogP contribution in [0.25, 0.3) is 11.1 Å². The van der Waals surface area contributed by atoms with Gasteiger partial charge in [0, 0.05) is 23.7 Å². The van der Waals surface area contributed by atoms with Crippen LogP contribution in [0, 0.1) is 5.92 Å². The van der Waals surface area contributed by atoms with Gasteiger partial charge >= 0.3 is 0 Å². The molecule has 1 saturated carbocycles. The molecule has 0 spiro atoms. The molecule has 0 radical (unpaired) electrons. The molecule has 30 heavy (non-hydrogen) atoms. The van der Waals surface area contributed by atoms with Crippen molar-refractivity contribution >= 4 is 17.5 Å². The molecule has 1 aliphatic carbocycles. The second-order valence-electron chi connectivity index (χ2n) is 7.98. The molecule has 0 aromatic heterocycles. The number of carbonyl (C=O) groups excluding carboxylic acids is 1. The molecule has 2 N–H and O–H groups in total. The van der Waals surface area contributed by atoms with Gasteiger partial charge in [0.2, 0.25) is 0 Å². The molecule has 1 amide bonds. The Morgan fingerprint density at radius 1 is 0.833 bits per heavy atom. The smallest absolute Gasteiger partial charge is 0.251 e. The van der Waals surface area contributed by atoms with E-state index in [1.165, 1.54) is 24.0 Å². The van der Waals surface area contributed by atoms with E-state index in [0.29, 0.717) is 12.1 Å². The second-order valence-corrected chi connectivity index (χ2v) is 8.42. The highest BCUT2D eigenvalue weighted by Gasteiger charge is 2.20. The van der Waals surface area contributed by atoms with Crippen LogP contribution in [0.1, 0.15) is 34.3 Å². The highest BCUT2D eigenvalue weighted by molar-refractivity contribution is 6.30. The van der Waals surface area contributed by atoms with Crippen LogP contribution in [0.4, 0.5) is 0 Å². The summed E-state index contributed by atoms with van der Waals surface area (Å²) in [4.78, 5) is 12.4. The number of hydrogen-bond donors (Lipinski definition) is 2. The first kappa shape index (κ1) is 20.6. The SMILES string of the molecule is O=C(NCCc1ccc(CNCC2CC2)cc1)c1ccc(-c2ccc(Cl)cc2)cc1. The summed E-state index contributed by atoms with van der Waals surface area (Å²) >= 11 is 5.94. The van der Waals surface area contributed by atoms with Crippen molar-refractivity contribution in [2.24, 2.45) is 5.92 Å². The molecule has 0 bridgehead atoms. The van der Waals surface area contributed by atoms with Gasteiger partial charge in [0.1, 0.15) is 0 Å². The molecule has 0 saturated heterocycles. The van der Waals surface area contributed by atoms with Crippen molar-refractivity contribution in [1.82, 2.24) is 10.6 Å². The van der Waals surface area contributed by atoms with Crippen LogP contribution < -0.4 is 10.6 Å². The Bertz CT molecular complexity index is 961. The number of rotatable bonds is 9. The summed E-state index contributed by atoms with van der Waals surface area (Å²) in [7, 11) is 0. The Hall–Kier alpha value is -2.62. The second kappa shape index (κ2) is 9.92. The van der Waals surface area contributed by atoms with Crippen LogP contribution in [-0.4, -0.2) is 19.0 Å². The number of nitrogens with one attached hydrogen (secondary N) is 2. The monoisotopic (exact) mass is 418 g/mol. The van der Waals surface area contributed by atoms with Gasteiger partial charge in [-0.25, -0.2) is 0 Å². The van der Waals surface area contributed by atoms with Gasteiger partial charge in [-0.3, -0.25) is 4.79 Å². The number of carbonyl (C=O) groups is 1. The minimum absolute atomic E-state index is 0.0430. The average Bonchev–Trinajstić information content (AvgIpc) is 3.60. The number of amides is 1. The number of hydrogen-bond acceptors (Lipinski definition) is 2. The van der Waals surface area contributed by atoms with Gasteiger partial charge in [0.05, 0.1) is 0 Å². The maximum Gasteiger partial charge on any atom is 0.251 e. The van der Waals surface area contributed by atoms with Crippen LogP contribution >= 0.6 is 11.6 Å². The van der Waals surface area contributed by atoms with Crippen molar-refractivity contribution in [1.29, 1.82) is 0 Å². The minimum atomic E-state index is -0.0430. The van der Waals surface area contributed by atoms with Gasteiger partial charge in [-0.2, -0.15) is 0 Å². The van der Waals surface area contributed by atoms with Crippen molar-refractivity contribution in [3.05, 3.63) is 94.5 Å². The van der Waals surface area contributed by atoms with Gasteiger partial charge < -0.3 is 10.6 Å². The molecule has 3 aromatic rings. The van der Waals surface area contributed by atoms with Crippen LogP contribution in [0.3, 0.4) is 0 Å². The molecular formula is C26H27ClN2O. The maximum absolute atomic E-state index is 12.4. The van der Waals surface area contributed by atoms with E-state index in [1.54, 1.807) is 0 Å². The van der Waals surface area contributed by atoms with E-state index in [2.05, 4.69) is 34.9 Å². The first-order chi connectivity index (χ1) is 14.7. The third-order valence-electron chi connectivity index (χ3n) is 5.51. The minimum Gasteiger partial charge on any atom is -0.352 e. The molecule has 4 rings (SSSR count). The van der Waals surface area contributed by atoms with E-state index in [9.17, 15) is 4.79 Å². The fourth-order valence-electron chi connectivity index (χ4n) is 3.45. The van der Waals surface area contributed by atoms with E-state index in [0.717, 1.165) is 41.6 Å². The Kier molecular flexibility index (Phi) is 6.83. The lowest BCUT2D eigenvalue weighted by molar-refractivity contribution is 0.0954. The molecule has 3 aromatic carbocycles.